The van der Waals surface area contributed by atoms with Crippen molar-refractivity contribution in [3.8, 4) is 0 Å². The monoisotopic (exact) mass is 220 g/mol. The van der Waals surface area contributed by atoms with E-state index in [1.54, 1.807) is 6.07 Å². The fraction of sp³-hybridized carbons (Fsp3) is 0.364. The SMILES string of the molecule is CCc1c(C)cccc1C(=O)OC.[Ca+2].[H-].[H-]. The van der Waals surface area contributed by atoms with Gasteiger partial charge in [-0.3, -0.25) is 0 Å². The number of ether oxygens (including phenoxy) is 1. The zero-order chi connectivity index (χ0) is 9.84. The van der Waals surface area contributed by atoms with Crippen molar-refractivity contribution in [2.24, 2.45) is 0 Å². The molecule has 0 aliphatic rings. The van der Waals surface area contributed by atoms with E-state index < -0.39 is 0 Å². The largest absolute Gasteiger partial charge is 2.00 e. The molecule has 0 aliphatic heterocycles. The fourth-order valence-electron chi connectivity index (χ4n) is 1.47. The Hall–Kier alpha value is -0.0503. The molecule has 0 radical (unpaired) electrons. The van der Waals surface area contributed by atoms with Crippen LogP contribution in [0.2, 0.25) is 0 Å². The van der Waals surface area contributed by atoms with Crippen LogP contribution in [0.1, 0.15) is 31.3 Å². The first-order chi connectivity index (χ1) is 6.20. The van der Waals surface area contributed by atoms with Crippen LogP contribution in [-0.4, -0.2) is 50.8 Å². The Morgan fingerprint density at radius 1 is 1.50 bits per heavy atom. The maximum absolute atomic E-state index is 11.3. The second-order valence-electron chi connectivity index (χ2n) is 2.95. The molecule has 1 aromatic rings. The number of esters is 1. The maximum Gasteiger partial charge on any atom is 2.00 e. The van der Waals surface area contributed by atoms with E-state index in [9.17, 15) is 4.79 Å². The van der Waals surface area contributed by atoms with E-state index in [2.05, 4.69) is 0 Å². The third-order valence-electron chi connectivity index (χ3n) is 2.17. The van der Waals surface area contributed by atoms with E-state index in [1.165, 1.54) is 7.11 Å². The number of methoxy groups -OCH3 is 1. The number of rotatable bonds is 2. The molecule has 0 N–H and O–H groups in total. The second-order valence-corrected chi connectivity index (χ2v) is 2.95. The summed E-state index contributed by atoms with van der Waals surface area (Å²) in [5.74, 6) is -0.249. The zero-order valence-electron chi connectivity index (χ0n) is 11.0. The van der Waals surface area contributed by atoms with Crippen molar-refractivity contribution >= 4 is 43.7 Å². The Kier molecular flexibility index (Phi) is 6.41. The minimum atomic E-state index is -0.249. The molecule has 0 bridgehead atoms. The summed E-state index contributed by atoms with van der Waals surface area (Å²) in [4.78, 5) is 11.3. The molecular formula is C11H16CaO2. The van der Waals surface area contributed by atoms with Crippen molar-refractivity contribution in [3.63, 3.8) is 0 Å². The zero-order valence-corrected chi connectivity index (χ0v) is 11.2. The van der Waals surface area contributed by atoms with Gasteiger partial charge in [0.1, 0.15) is 0 Å². The number of carbonyl (C=O) groups excluding carboxylic acids is 1. The Balaban J connectivity index is -0.000000563. The molecule has 0 unspecified atom stereocenters. The van der Waals surface area contributed by atoms with Crippen LogP contribution >= 0.6 is 0 Å². The third-order valence-corrected chi connectivity index (χ3v) is 2.17. The van der Waals surface area contributed by atoms with Crippen molar-refractivity contribution in [1.29, 1.82) is 0 Å². The molecular weight excluding hydrogens is 204 g/mol. The van der Waals surface area contributed by atoms with Gasteiger partial charge >= 0.3 is 43.7 Å². The molecule has 0 amide bonds. The molecule has 0 fully saturated rings. The van der Waals surface area contributed by atoms with E-state index in [0.717, 1.165) is 17.5 Å². The van der Waals surface area contributed by atoms with Crippen LogP contribution < -0.4 is 0 Å². The molecule has 0 aliphatic carbocycles. The van der Waals surface area contributed by atoms with Gasteiger partial charge in [-0.25, -0.2) is 4.79 Å². The predicted octanol–water partition coefficient (Wildman–Crippen LogP) is 2.19. The van der Waals surface area contributed by atoms with Crippen LogP contribution in [-0.2, 0) is 11.2 Å². The Morgan fingerprint density at radius 2 is 2.14 bits per heavy atom. The first-order valence-electron chi connectivity index (χ1n) is 4.37. The molecule has 0 atom stereocenters. The average Bonchev–Trinajstić information content (AvgIpc) is 2.16. The summed E-state index contributed by atoms with van der Waals surface area (Å²) in [6, 6.07) is 5.68. The van der Waals surface area contributed by atoms with E-state index in [4.69, 9.17) is 4.74 Å². The van der Waals surface area contributed by atoms with E-state index >= 15 is 0 Å². The van der Waals surface area contributed by atoms with Crippen LogP contribution in [0.15, 0.2) is 18.2 Å². The van der Waals surface area contributed by atoms with E-state index in [1.807, 2.05) is 26.0 Å². The molecule has 0 aromatic heterocycles. The van der Waals surface area contributed by atoms with Crippen molar-refractivity contribution < 1.29 is 12.4 Å². The Bertz CT molecular complexity index is 330. The number of hydrogen-bond donors (Lipinski definition) is 0. The number of hydrogen-bond acceptors (Lipinski definition) is 2. The molecule has 2 nitrogen and oxygen atoms in total. The van der Waals surface area contributed by atoms with Gasteiger partial charge in [0, 0.05) is 0 Å². The quantitative estimate of drug-likeness (QED) is 0.564. The normalized spacial score (nSPS) is 9.07. The molecule has 0 saturated carbocycles. The minimum Gasteiger partial charge on any atom is -1.00 e. The molecule has 3 heteroatoms. The van der Waals surface area contributed by atoms with Gasteiger partial charge in [-0.15, -0.1) is 0 Å². The molecule has 1 rings (SSSR count). The molecule has 0 saturated heterocycles. The third kappa shape index (κ3) is 2.97. The van der Waals surface area contributed by atoms with E-state index in [-0.39, 0.29) is 46.6 Å². The summed E-state index contributed by atoms with van der Waals surface area (Å²) < 4.78 is 4.69. The van der Waals surface area contributed by atoms with Gasteiger partial charge < -0.3 is 7.59 Å². The van der Waals surface area contributed by atoms with Crippen molar-refractivity contribution in [3.05, 3.63) is 34.9 Å². The van der Waals surface area contributed by atoms with Crippen LogP contribution in [0.4, 0.5) is 0 Å². The van der Waals surface area contributed by atoms with Crippen LogP contribution in [0.5, 0.6) is 0 Å². The van der Waals surface area contributed by atoms with Crippen LogP contribution in [0.3, 0.4) is 0 Å². The molecule has 0 heterocycles. The van der Waals surface area contributed by atoms with Gasteiger partial charge in [-0.05, 0) is 30.5 Å². The van der Waals surface area contributed by atoms with Gasteiger partial charge in [0.25, 0.3) is 0 Å². The Morgan fingerprint density at radius 3 is 2.64 bits per heavy atom. The van der Waals surface area contributed by atoms with Gasteiger partial charge in [-0.1, -0.05) is 19.1 Å². The van der Waals surface area contributed by atoms with Crippen LogP contribution in [0.25, 0.3) is 0 Å². The number of carbonyl (C=O) groups is 1. The summed E-state index contributed by atoms with van der Waals surface area (Å²) in [6.07, 6.45) is 0.858. The number of aryl methyl sites for hydroxylation is 1. The van der Waals surface area contributed by atoms with Gasteiger partial charge in [-0.2, -0.15) is 0 Å². The summed E-state index contributed by atoms with van der Waals surface area (Å²) >= 11 is 0. The molecule has 74 valence electrons. The number of benzene rings is 1. The first-order valence-corrected chi connectivity index (χ1v) is 4.37. The van der Waals surface area contributed by atoms with Crippen molar-refractivity contribution in [2.45, 2.75) is 20.3 Å². The molecule has 1 aromatic carbocycles. The van der Waals surface area contributed by atoms with Crippen molar-refractivity contribution in [2.75, 3.05) is 7.11 Å². The van der Waals surface area contributed by atoms with Gasteiger partial charge in [0.05, 0.1) is 12.7 Å². The van der Waals surface area contributed by atoms with Gasteiger partial charge in [0.2, 0.25) is 0 Å². The second kappa shape index (κ2) is 6.44. The standard InChI is InChI=1S/C11H14O2.Ca.2H/c1-4-9-8(2)6-5-7-10(9)11(12)13-3;;;/h5-7H,4H2,1-3H3;;;/q;+2;2*-1. The van der Waals surface area contributed by atoms with E-state index in [0.29, 0.717) is 5.56 Å². The van der Waals surface area contributed by atoms with Crippen LogP contribution in [0, 0.1) is 6.92 Å². The smallest absolute Gasteiger partial charge is 1.00 e. The van der Waals surface area contributed by atoms with Crippen molar-refractivity contribution in [1.82, 2.24) is 0 Å². The minimum absolute atomic E-state index is 0. The summed E-state index contributed by atoms with van der Waals surface area (Å²) in [7, 11) is 1.41. The summed E-state index contributed by atoms with van der Waals surface area (Å²) in [6.45, 7) is 4.04. The maximum atomic E-state index is 11.3. The molecule has 0 spiro atoms. The summed E-state index contributed by atoms with van der Waals surface area (Å²) in [5.41, 5.74) is 2.91. The first kappa shape index (κ1) is 13.9. The molecule has 14 heavy (non-hydrogen) atoms. The fourth-order valence-corrected chi connectivity index (χ4v) is 1.47. The predicted molar refractivity (Wildman–Crippen MR) is 59.9 cm³/mol. The topological polar surface area (TPSA) is 26.3 Å². The Labute approximate surface area is 118 Å². The summed E-state index contributed by atoms with van der Waals surface area (Å²) in [5, 5.41) is 0. The van der Waals surface area contributed by atoms with Gasteiger partial charge in [0.15, 0.2) is 0 Å². The average molecular weight is 220 g/mol.